The van der Waals surface area contributed by atoms with E-state index in [9.17, 15) is 9.18 Å². The molecule has 3 N–H and O–H groups in total. The van der Waals surface area contributed by atoms with Gasteiger partial charge in [0.25, 0.3) is 0 Å². The molecule has 0 atom stereocenters. The zero-order valence-electron chi connectivity index (χ0n) is 18.9. The minimum Gasteiger partial charge on any atom is -0.354 e. The molecule has 33 heavy (non-hydrogen) atoms. The van der Waals surface area contributed by atoms with Gasteiger partial charge in [0.05, 0.1) is 11.9 Å². The number of halogens is 1. The fourth-order valence-corrected chi connectivity index (χ4v) is 5.09. The van der Waals surface area contributed by atoms with Crippen LogP contribution in [0.4, 0.5) is 22.0 Å². The molecule has 2 heterocycles. The summed E-state index contributed by atoms with van der Waals surface area (Å²) in [6, 6.07) is 7.42. The van der Waals surface area contributed by atoms with Crippen LogP contribution in [-0.2, 0) is 4.79 Å². The number of para-hydroxylation sites is 1. The van der Waals surface area contributed by atoms with Gasteiger partial charge in [-0.15, -0.1) is 0 Å². The third-order valence-electron chi connectivity index (χ3n) is 6.71. The summed E-state index contributed by atoms with van der Waals surface area (Å²) in [6.45, 7) is 1.57. The van der Waals surface area contributed by atoms with Gasteiger partial charge in [-0.25, -0.2) is 14.4 Å². The highest BCUT2D eigenvalue weighted by Crippen LogP contribution is 2.36. The van der Waals surface area contributed by atoms with E-state index < -0.39 is 0 Å². The summed E-state index contributed by atoms with van der Waals surface area (Å²) >= 11 is 0. The summed E-state index contributed by atoms with van der Waals surface area (Å²) in [7, 11) is 0. The Bertz CT molecular complexity index is 1130. The van der Waals surface area contributed by atoms with Crippen molar-refractivity contribution in [2.24, 2.45) is 0 Å². The number of imidazole rings is 1. The summed E-state index contributed by atoms with van der Waals surface area (Å²) in [6.07, 6.45) is 9.96. The molecule has 9 heteroatoms. The van der Waals surface area contributed by atoms with Crippen molar-refractivity contribution in [2.45, 2.75) is 76.4 Å². The molecule has 174 valence electrons. The van der Waals surface area contributed by atoms with Crippen molar-refractivity contribution in [1.82, 2.24) is 24.8 Å². The fourth-order valence-electron chi connectivity index (χ4n) is 5.09. The lowest BCUT2D eigenvalue weighted by Crippen LogP contribution is -2.39. The third-order valence-corrected chi connectivity index (χ3v) is 6.71. The molecular weight excluding hydrogens is 421 g/mol. The lowest BCUT2D eigenvalue weighted by molar-refractivity contribution is -0.119. The minimum absolute atomic E-state index is 0.0279. The van der Waals surface area contributed by atoms with Crippen molar-refractivity contribution >= 4 is 34.7 Å². The van der Waals surface area contributed by atoms with E-state index in [0.29, 0.717) is 23.1 Å². The highest BCUT2D eigenvalue weighted by atomic mass is 19.1. The van der Waals surface area contributed by atoms with Crippen LogP contribution >= 0.6 is 0 Å². The predicted molar refractivity (Wildman–Crippen MR) is 126 cm³/mol. The molecule has 0 saturated heterocycles. The minimum atomic E-state index is -0.314. The summed E-state index contributed by atoms with van der Waals surface area (Å²) < 4.78 is 16.4. The van der Waals surface area contributed by atoms with Crippen LogP contribution < -0.4 is 16.0 Å². The van der Waals surface area contributed by atoms with Crippen LogP contribution in [0.1, 0.15) is 64.3 Å². The first-order valence-corrected chi connectivity index (χ1v) is 11.9. The second-order valence-corrected chi connectivity index (χ2v) is 9.14. The van der Waals surface area contributed by atoms with Crippen molar-refractivity contribution in [2.75, 3.05) is 10.6 Å². The topological polar surface area (TPSA) is 96.8 Å². The highest BCUT2D eigenvalue weighted by Gasteiger charge is 2.26. The van der Waals surface area contributed by atoms with Gasteiger partial charge in [-0.2, -0.15) is 4.98 Å². The number of hydrogen-bond acceptors (Lipinski definition) is 6. The number of fused-ring (bicyclic) bond motifs is 1. The fraction of sp³-hybridized carbons (Fsp3) is 0.500. The average Bonchev–Trinajstić information content (AvgIpc) is 3.43. The molecule has 2 saturated carbocycles. The number of carbonyl (C=O) groups is 1. The zero-order valence-corrected chi connectivity index (χ0v) is 18.9. The number of carbonyl (C=O) groups excluding carboxylic acids is 1. The van der Waals surface area contributed by atoms with Crippen LogP contribution in [0.25, 0.3) is 11.2 Å². The first kappa shape index (κ1) is 21.6. The van der Waals surface area contributed by atoms with Crippen LogP contribution in [0.2, 0.25) is 0 Å². The van der Waals surface area contributed by atoms with E-state index in [0.717, 1.165) is 57.0 Å². The van der Waals surface area contributed by atoms with E-state index >= 15 is 0 Å². The molecule has 2 aliphatic carbocycles. The van der Waals surface area contributed by atoms with E-state index in [4.69, 9.17) is 9.97 Å². The quantitative estimate of drug-likeness (QED) is 0.503. The van der Waals surface area contributed by atoms with Gasteiger partial charge in [-0.3, -0.25) is 9.36 Å². The second kappa shape index (κ2) is 9.33. The van der Waals surface area contributed by atoms with Crippen LogP contribution in [0.15, 0.2) is 30.5 Å². The Balaban J connectivity index is 1.39. The number of hydrogen-bond donors (Lipinski definition) is 3. The Morgan fingerprint density at radius 1 is 1.03 bits per heavy atom. The highest BCUT2D eigenvalue weighted by molar-refractivity contribution is 5.76. The number of aromatic nitrogens is 4. The molecule has 0 unspecified atom stereocenters. The molecule has 0 aliphatic heterocycles. The van der Waals surface area contributed by atoms with E-state index in [1.54, 1.807) is 31.3 Å². The van der Waals surface area contributed by atoms with Crippen LogP contribution in [0.3, 0.4) is 0 Å². The van der Waals surface area contributed by atoms with Gasteiger partial charge in [0.15, 0.2) is 5.65 Å². The molecular formula is C24H30FN7O. The summed E-state index contributed by atoms with van der Waals surface area (Å²) in [5.74, 6) is 0.900. The SMILES string of the molecule is CC(=O)N[C@H]1CC[C@H](Nc2ncc3nc(Nc4ccccc4F)n(C4CCCC4)c3n2)CC1. The van der Waals surface area contributed by atoms with E-state index in [1.807, 2.05) is 0 Å². The van der Waals surface area contributed by atoms with Gasteiger partial charge < -0.3 is 16.0 Å². The summed E-state index contributed by atoms with van der Waals surface area (Å²) in [5, 5.41) is 9.67. The van der Waals surface area contributed by atoms with Crippen LogP contribution in [0, 0.1) is 5.82 Å². The van der Waals surface area contributed by atoms with E-state index in [-0.39, 0.29) is 29.8 Å². The number of benzene rings is 1. The number of rotatable bonds is 6. The van der Waals surface area contributed by atoms with Gasteiger partial charge in [0.1, 0.15) is 11.3 Å². The first-order valence-electron chi connectivity index (χ1n) is 11.9. The monoisotopic (exact) mass is 451 g/mol. The predicted octanol–water partition coefficient (Wildman–Crippen LogP) is 4.68. The Hall–Kier alpha value is -3.23. The normalized spacial score (nSPS) is 21.3. The lowest BCUT2D eigenvalue weighted by atomic mass is 9.91. The van der Waals surface area contributed by atoms with Crippen molar-refractivity contribution in [3.63, 3.8) is 0 Å². The van der Waals surface area contributed by atoms with Crippen molar-refractivity contribution < 1.29 is 9.18 Å². The summed E-state index contributed by atoms with van der Waals surface area (Å²) in [5.41, 5.74) is 1.86. The lowest BCUT2D eigenvalue weighted by Gasteiger charge is -2.29. The maximum Gasteiger partial charge on any atom is 0.224 e. The molecule has 5 rings (SSSR count). The third kappa shape index (κ3) is 4.77. The number of nitrogens with one attached hydrogen (secondary N) is 3. The smallest absolute Gasteiger partial charge is 0.224 e. The molecule has 2 aliphatic rings. The largest absolute Gasteiger partial charge is 0.354 e. The number of amides is 1. The molecule has 2 fully saturated rings. The van der Waals surface area contributed by atoms with Gasteiger partial charge >= 0.3 is 0 Å². The van der Waals surface area contributed by atoms with Crippen molar-refractivity contribution in [3.8, 4) is 0 Å². The summed E-state index contributed by atoms with van der Waals surface area (Å²) in [4.78, 5) is 25.4. The molecule has 0 bridgehead atoms. The Morgan fingerprint density at radius 3 is 2.48 bits per heavy atom. The Labute approximate surface area is 192 Å². The van der Waals surface area contributed by atoms with Crippen molar-refractivity contribution in [1.29, 1.82) is 0 Å². The van der Waals surface area contributed by atoms with Gasteiger partial charge in [0, 0.05) is 25.0 Å². The molecule has 8 nitrogen and oxygen atoms in total. The van der Waals surface area contributed by atoms with Gasteiger partial charge in [-0.1, -0.05) is 25.0 Å². The average molecular weight is 452 g/mol. The molecule has 0 radical (unpaired) electrons. The van der Waals surface area contributed by atoms with E-state index in [2.05, 4.69) is 25.5 Å². The molecule has 1 aromatic carbocycles. The molecule has 2 aromatic heterocycles. The standard InChI is InChI=1S/C24H30FN7O/c1-15(33)27-16-10-12-17(13-11-16)28-23-26-14-21-22(31-23)32(18-6-2-3-7-18)24(30-21)29-20-9-5-4-8-19(20)25/h4-5,8-9,14,16-18H,2-3,6-7,10-13H2,1H3,(H,27,33)(H,29,30)(H,26,28,31)/t16-,17-. The number of anilines is 3. The Morgan fingerprint density at radius 2 is 1.76 bits per heavy atom. The van der Waals surface area contributed by atoms with Gasteiger partial charge in [0.2, 0.25) is 17.8 Å². The van der Waals surface area contributed by atoms with E-state index in [1.165, 1.54) is 6.07 Å². The Kier molecular flexibility index (Phi) is 6.11. The van der Waals surface area contributed by atoms with Crippen molar-refractivity contribution in [3.05, 3.63) is 36.3 Å². The maximum absolute atomic E-state index is 14.3. The zero-order chi connectivity index (χ0) is 22.8. The molecule has 0 spiro atoms. The van der Waals surface area contributed by atoms with Crippen LogP contribution in [-0.4, -0.2) is 37.5 Å². The molecule has 3 aromatic rings. The number of nitrogens with zero attached hydrogens (tertiary/aromatic N) is 4. The maximum atomic E-state index is 14.3. The van der Waals surface area contributed by atoms with Gasteiger partial charge in [-0.05, 0) is 50.7 Å². The molecule has 1 amide bonds. The van der Waals surface area contributed by atoms with Crippen LogP contribution in [0.5, 0.6) is 0 Å². The second-order valence-electron chi connectivity index (χ2n) is 9.14. The first-order chi connectivity index (χ1) is 16.1.